The maximum Gasteiger partial charge on any atom is 0.238 e. The largest absolute Gasteiger partial charge is 0.309 e. The van der Waals surface area contributed by atoms with Crippen molar-refractivity contribution in [3.05, 3.63) is 182 Å². The highest BCUT2D eigenvalue weighted by molar-refractivity contribution is 6.22. The molecular formula is C46H30N6. The van der Waals surface area contributed by atoms with E-state index >= 15 is 0 Å². The summed E-state index contributed by atoms with van der Waals surface area (Å²) in [4.78, 5) is 20.0. The van der Waals surface area contributed by atoms with Gasteiger partial charge >= 0.3 is 0 Å². The van der Waals surface area contributed by atoms with Gasteiger partial charge in [-0.3, -0.25) is 9.55 Å². The van der Waals surface area contributed by atoms with Gasteiger partial charge in [0.25, 0.3) is 0 Å². The SMILES string of the molecule is c1ccc(-c2cccc(-n3c4ccncc4c4c5c(ccc43)c(-c3ccccc3)cn5-c3nc(-c4ccccc4)nc(-c4ccccc4)n3)c2)cc1. The Morgan fingerprint density at radius 2 is 1.04 bits per heavy atom. The molecule has 0 atom stereocenters. The highest BCUT2D eigenvalue weighted by Gasteiger charge is 2.23. The fourth-order valence-corrected chi connectivity index (χ4v) is 7.31. The van der Waals surface area contributed by atoms with Gasteiger partial charge in [0, 0.05) is 57.1 Å². The predicted molar refractivity (Wildman–Crippen MR) is 211 cm³/mol. The minimum absolute atomic E-state index is 0.545. The Hall–Kier alpha value is -7.18. The topological polar surface area (TPSA) is 61.4 Å². The number of pyridine rings is 1. The van der Waals surface area contributed by atoms with Gasteiger partial charge in [0.15, 0.2) is 11.6 Å². The van der Waals surface area contributed by atoms with E-state index in [4.69, 9.17) is 15.0 Å². The van der Waals surface area contributed by atoms with Gasteiger partial charge in [0.2, 0.25) is 5.95 Å². The summed E-state index contributed by atoms with van der Waals surface area (Å²) in [6.07, 6.45) is 6.02. The third-order valence-corrected chi connectivity index (χ3v) is 9.69. The monoisotopic (exact) mass is 666 g/mol. The lowest BCUT2D eigenvalue weighted by atomic mass is 10.0. The Labute approximate surface area is 300 Å². The summed E-state index contributed by atoms with van der Waals surface area (Å²) in [6.45, 7) is 0. The van der Waals surface area contributed by atoms with Crippen LogP contribution in [-0.4, -0.2) is 29.1 Å². The summed E-state index contributed by atoms with van der Waals surface area (Å²) in [6, 6.07) is 56.6. The Morgan fingerprint density at radius 3 is 1.69 bits per heavy atom. The predicted octanol–water partition coefficient (Wildman–Crippen LogP) is 11.0. The summed E-state index contributed by atoms with van der Waals surface area (Å²) in [5.74, 6) is 1.77. The number of nitrogens with zero attached hydrogens (tertiary/aromatic N) is 6. The van der Waals surface area contributed by atoms with E-state index in [0.717, 1.165) is 66.2 Å². The van der Waals surface area contributed by atoms with Crippen molar-refractivity contribution in [3.8, 4) is 56.7 Å². The van der Waals surface area contributed by atoms with E-state index < -0.39 is 0 Å². The number of aromatic nitrogens is 6. The molecule has 6 aromatic carbocycles. The number of rotatable bonds is 6. The summed E-state index contributed by atoms with van der Waals surface area (Å²) in [5, 5.41) is 3.23. The molecule has 0 N–H and O–H groups in total. The van der Waals surface area contributed by atoms with Crippen LogP contribution in [-0.2, 0) is 0 Å². The molecule has 6 heteroatoms. The molecule has 0 aliphatic rings. The van der Waals surface area contributed by atoms with Crippen molar-refractivity contribution in [2.45, 2.75) is 0 Å². The van der Waals surface area contributed by atoms with Crippen LogP contribution >= 0.6 is 0 Å². The first-order valence-electron chi connectivity index (χ1n) is 17.3. The van der Waals surface area contributed by atoms with Gasteiger partial charge in [-0.15, -0.1) is 0 Å². The van der Waals surface area contributed by atoms with Gasteiger partial charge in [-0.05, 0) is 41.0 Å². The lowest BCUT2D eigenvalue weighted by molar-refractivity contribution is 0.935. The van der Waals surface area contributed by atoms with Gasteiger partial charge in [-0.25, -0.2) is 4.98 Å². The first kappa shape index (κ1) is 29.7. The van der Waals surface area contributed by atoms with Crippen molar-refractivity contribution in [2.24, 2.45) is 0 Å². The van der Waals surface area contributed by atoms with Crippen LogP contribution in [0, 0.1) is 0 Å². The molecule has 0 radical (unpaired) electrons. The second-order valence-corrected chi connectivity index (χ2v) is 12.8. The van der Waals surface area contributed by atoms with Gasteiger partial charge in [-0.2, -0.15) is 9.97 Å². The molecule has 10 aromatic rings. The van der Waals surface area contributed by atoms with E-state index in [-0.39, 0.29) is 0 Å². The molecule has 0 fully saturated rings. The molecule has 244 valence electrons. The van der Waals surface area contributed by atoms with Crippen molar-refractivity contribution < 1.29 is 0 Å². The van der Waals surface area contributed by atoms with Crippen LogP contribution in [0.15, 0.2) is 182 Å². The normalized spacial score (nSPS) is 11.5. The van der Waals surface area contributed by atoms with Gasteiger partial charge in [0.1, 0.15) is 0 Å². The fourth-order valence-electron chi connectivity index (χ4n) is 7.31. The zero-order chi connectivity index (χ0) is 34.4. The maximum atomic E-state index is 5.17. The quantitative estimate of drug-likeness (QED) is 0.177. The third kappa shape index (κ3) is 4.96. The molecule has 0 saturated heterocycles. The molecule has 4 heterocycles. The van der Waals surface area contributed by atoms with E-state index in [9.17, 15) is 0 Å². The van der Waals surface area contributed by atoms with E-state index in [0.29, 0.717) is 17.6 Å². The van der Waals surface area contributed by atoms with Crippen molar-refractivity contribution >= 4 is 32.7 Å². The van der Waals surface area contributed by atoms with Gasteiger partial charge in [0.05, 0.1) is 16.6 Å². The van der Waals surface area contributed by atoms with Crippen molar-refractivity contribution in [2.75, 3.05) is 0 Å². The highest BCUT2D eigenvalue weighted by atomic mass is 15.2. The second kappa shape index (κ2) is 12.3. The van der Waals surface area contributed by atoms with E-state index in [1.54, 1.807) is 0 Å². The Kier molecular flexibility index (Phi) is 7.03. The molecule has 6 nitrogen and oxygen atoms in total. The number of fused-ring (bicyclic) bond motifs is 5. The van der Waals surface area contributed by atoms with Gasteiger partial charge < -0.3 is 4.57 Å². The molecule has 10 rings (SSSR count). The molecule has 0 amide bonds. The Balaban J connectivity index is 1.30. The number of benzene rings is 6. The van der Waals surface area contributed by atoms with Crippen LogP contribution in [0.25, 0.3) is 89.4 Å². The summed E-state index contributed by atoms with van der Waals surface area (Å²) in [7, 11) is 0. The van der Waals surface area contributed by atoms with E-state index in [1.165, 1.54) is 5.56 Å². The molecular weight excluding hydrogens is 637 g/mol. The first-order valence-corrected chi connectivity index (χ1v) is 17.3. The van der Waals surface area contributed by atoms with Crippen LogP contribution in [0.5, 0.6) is 0 Å². The minimum atomic E-state index is 0.545. The molecule has 0 bridgehead atoms. The zero-order valence-corrected chi connectivity index (χ0v) is 28.0. The number of hydrogen-bond acceptors (Lipinski definition) is 4. The smallest absolute Gasteiger partial charge is 0.238 e. The van der Waals surface area contributed by atoms with Crippen LogP contribution in [0.3, 0.4) is 0 Å². The Bertz CT molecular complexity index is 2820. The fraction of sp³-hybridized carbons (Fsp3) is 0. The average molecular weight is 667 g/mol. The molecule has 0 aliphatic heterocycles. The van der Waals surface area contributed by atoms with Gasteiger partial charge in [-0.1, -0.05) is 140 Å². The number of hydrogen-bond donors (Lipinski definition) is 0. The van der Waals surface area contributed by atoms with Crippen molar-refractivity contribution in [3.63, 3.8) is 0 Å². The maximum absolute atomic E-state index is 5.17. The zero-order valence-electron chi connectivity index (χ0n) is 28.0. The Morgan fingerprint density at radius 1 is 0.442 bits per heavy atom. The highest BCUT2D eigenvalue weighted by Crippen LogP contribution is 2.42. The van der Waals surface area contributed by atoms with E-state index in [2.05, 4.69) is 117 Å². The summed E-state index contributed by atoms with van der Waals surface area (Å²) in [5.41, 5.74) is 10.6. The molecule has 0 unspecified atom stereocenters. The van der Waals surface area contributed by atoms with Crippen LogP contribution in [0.2, 0.25) is 0 Å². The first-order chi connectivity index (χ1) is 25.8. The second-order valence-electron chi connectivity index (χ2n) is 12.8. The average Bonchev–Trinajstić information content (AvgIpc) is 3.78. The molecule has 0 spiro atoms. The summed E-state index contributed by atoms with van der Waals surface area (Å²) >= 11 is 0. The molecule has 4 aromatic heterocycles. The lowest BCUT2D eigenvalue weighted by Gasteiger charge is -2.11. The molecule has 0 aliphatic carbocycles. The van der Waals surface area contributed by atoms with Crippen LogP contribution in [0.1, 0.15) is 0 Å². The lowest BCUT2D eigenvalue weighted by Crippen LogP contribution is -2.05. The van der Waals surface area contributed by atoms with Crippen LogP contribution < -0.4 is 0 Å². The standard InChI is InChI=1S/C46H30N6/c1-5-14-31(15-6-1)35-22-13-23-36(28-35)52-40-26-27-47-29-38(40)42-41(52)25-24-37-39(32-16-7-2-8-17-32)30-51(43(37)42)46-49-44(33-18-9-3-10-19-33)48-45(50-46)34-20-11-4-12-21-34/h1-30H. The van der Waals surface area contributed by atoms with Crippen molar-refractivity contribution in [1.29, 1.82) is 0 Å². The molecule has 52 heavy (non-hydrogen) atoms. The minimum Gasteiger partial charge on any atom is -0.309 e. The molecule has 0 saturated carbocycles. The van der Waals surface area contributed by atoms with Crippen LogP contribution in [0.4, 0.5) is 0 Å². The third-order valence-electron chi connectivity index (χ3n) is 9.69. The van der Waals surface area contributed by atoms with E-state index in [1.807, 2.05) is 79.1 Å². The van der Waals surface area contributed by atoms with Crippen molar-refractivity contribution in [1.82, 2.24) is 29.1 Å². The summed E-state index contributed by atoms with van der Waals surface area (Å²) < 4.78 is 4.49.